The van der Waals surface area contributed by atoms with Crippen LogP contribution in [0.15, 0.2) is 0 Å². The Kier molecular flexibility index (Phi) is 6.29. The van der Waals surface area contributed by atoms with Gasteiger partial charge < -0.3 is 15.0 Å². The van der Waals surface area contributed by atoms with Crippen molar-refractivity contribution in [2.45, 2.75) is 25.8 Å². The molecule has 17 heavy (non-hydrogen) atoms. The molecule has 0 saturated carbocycles. The number of nitrogens with zero attached hydrogens (tertiary/aromatic N) is 1. The van der Waals surface area contributed by atoms with Gasteiger partial charge in [-0.15, -0.1) is 11.6 Å². The maximum Gasteiger partial charge on any atom is 0.245 e. The first-order valence-corrected chi connectivity index (χ1v) is 6.45. The van der Waals surface area contributed by atoms with Crippen LogP contribution in [0.25, 0.3) is 0 Å². The second kappa shape index (κ2) is 7.50. The zero-order valence-corrected chi connectivity index (χ0v) is 10.8. The lowest BCUT2D eigenvalue weighted by molar-refractivity contribution is -0.148. The average Bonchev–Trinajstić information content (AvgIpc) is 2.36. The molecule has 1 N–H and O–H groups in total. The van der Waals surface area contributed by atoms with Gasteiger partial charge in [0.05, 0.1) is 13.2 Å². The highest BCUT2D eigenvalue weighted by molar-refractivity contribution is 6.19. The molecule has 0 radical (unpaired) electrons. The lowest BCUT2D eigenvalue weighted by atomic mass is 10.2. The van der Waals surface area contributed by atoms with Crippen molar-refractivity contribution in [2.75, 3.05) is 32.2 Å². The molecule has 0 spiro atoms. The summed E-state index contributed by atoms with van der Waals surface area (Å²) in [4.78, 5) is 25.2. The zero-order valence-electron chi connectivity index (χ0n) is 10.1. The molecule has 2 amide bonds. The second-order valence-corrected chi connectivity index (χ2v) is 4.29. The van der Waals surface area contributed by atoms with Crippen molar-refractivity contribution in [1.29, 1.82) is 0 Å². The van der Waals surface area contributed by atoms with Gasteiger partial charge in [0.25, 0.3) is 0 Å². The van der Waals surface area contributed by atoms with Gasteiger partial charge in [-0.05, 0) is 6.42 Å². The van der Waals surface area contributed by atoms with E-state index in [-0.39, 0.29) is 30.7 Å². The Bertz CT molecular complexity index is 273. The minimum Gasteiger partial charge on any atom is -0.377 e. The predicted octanol–water partition coefficient (Wildman–Crippen LogP) is 0.369. The van der Waals surface area contributed by atoms with Crippen LogP contribution in [-0.4, -0.2) is 54.9 Å². The highest BCUT2D eigenvalue weighted by Crippen LogP contribution is 2.09. The third-order valence-corrected chi connectivity index (χ3v) is 2.80. The Labute approximate surface area is 106 Å². The summed E-state index contributed by atoms with van der Waals surface area (Å²) in [6.07, 6.45) is 1.13. The second-order valence-electron chi connectivity index (χ2n) is 3.91. The van der Waals surface area contributed by atoms with E-state index < -0.39 is 6.04 Å². The van der Waals surface area contributed by atoms with Gasteiger partial charge in [0.1, 0.15) is 6.04 Å². The average molecular weight is 263 g/mol. The molecule has 1 fully saturated rings. The fourth-order valence-corrected chi connectivity index (χ4v) is 1.87. The molecule has 5 nitrogen and oxygen atoms in total. The smallest absolute Gasteiger partial charge is 0.245 e. The van der Waals surface area contributed by atoms with Crippen LogP contribution in [-0.2, 0) is 14.3 Å². The summed E-state index contributed by atoms with van der Waals surface area (Å²) in [6.45, 7) is 3.80. The maximum atomic E-state index is 11.9. The summed E-state index contributed by atoms with van der Waals surface area (Å²) in [5.41, 5.74) is 0. The van der Waals surface area contributed by atoms with E-state index in [1.54, 1.807) is 4.90 Å². The molecule has 1 heterocycles. The number of nitrogens with one attached hydrogen (secondary N) is 1. The topological polar surface area (TPSA) is 58.6 Å². The van der Waals surface area contributed by atoms with Crippen LogP contribution in [0.4, 0.5) is 0 Å². The van der Waals surface area contributed by atoms with Crippen LogP contribution in [0.1, 0.15) is 19.8 Å². The molecular weight excluding hydrogens is 244 g/mol. The largest absolute Gasteiger partial charge is 0.377 e. The van der Waals surface area contributed by atoms with E-state index in [0.29, 0.717) is 19.7 Å². The van der Waals surface area contributed by atoms with Crippen LogP contribution in [0.3, 0.4) is 0 Å². The lowest BCUT2D eigenvalue weighted by Crippen LogP contribution is -2.56. The molecule has 6 heteroatoms. The van der Waals surface area contributed by atoms with Gasteiger partial charge in [0, 0.05) is 25.4 Å². The van der Waals surface area contributed by atoms with Crippen molar-refractivity contribution in [1.82, 2.24) is 10.2 Å². The quantitative estimate of drug-likeness (QED) is 0.729. The van der Waals surface area contributed by atoms with Crippen molar-refractivity contribution in [3.8, 4) is 0 Å². The number of hydrogen-bond acceptors (Lipinski definition) is 3. The van der Waals surface area contributed by atoms with Gasteiger partial charge in [0.2, 0.25) is 11.8 Å². The van der Waals surface area contributed by atoms with E-state index in [9.17, 15) is 9.59 Å². The van der Waals surface area contributed by atoms with Gasteiger partial charge in [-0.25, -0.2) is 0 Å². The SMILES string of the molecule is CCCNC(=O)C1COCCN1C(=O)CCCl. The molecule has 1 aliphatic heterocycles. The fourth-order valence-electron chi connectivity index (χ4n) is 1.71. The van der Waals surface area contributed by atoms with Crippen molar-refractivity contribution < 1.29 is 14.3 Å². The molecule has 0 aromatic carbocycles. The van der Waals surface area contributed by atoms with Gasteiger partial charge >= 0.3 is 0 Å². The summed E-state index contributed by atoms with van der Waals surface area (Å²) in [5, 5.41) is 2.78. The number of alkyl halides is 1. The number of halogens is 1. The Hall–Kier alpha value is -0.810. The zero-order chi connectivity index (χ0) is 12.7. The van der Waals surface area contributed by atoms with E-state index >= 15 is 0 Å². The van der Waals surface area contributed by atoms with Crippen LogP contribution < -0.4 is 5.32 Å². The molecular formula is C11H19ClN2O3. The number of rotatable bonds is 5. The summed E-state index contributed by atoms with van der Waals surface area (Å²) in [5.74, 6) is 0.0499. The van der Waals surface area contributed by atoms with Crippen molar-refractivity contribution >= 4 is 23.4 Å². The molecule has 0 aromatic heterocycles. The highest BCUT2D eigenvalue weighted by Gasteiger charge is 2.31. The van der Waals surface area contributed by atoms with E-state index in [4.69, 9.17) is 16.3 Å². The number of hydrogen-bond donors (Lipinski definition) is 1. The normalized spacial score (nSPS) is 20.1. The first kappa shape index (κ1) is 14.3. The first-order valence-electron chi connectivity index (χ1n) is 5.91. The number of carbonyl (C=O) groups excluding carboxylic acids is 2. The molecule has 1 saturated heterocycles. The van der Waals surface area contributed by atoms with E-state index in [0.717, 1.165) is 6.42 Å². The predicted molar refractivity (Wildman–Crippen MR) is 65.0 cm³/mol. The highest BCUT2D eigenvalue weighted by atomic mass is 35.5. The molecule has 1 atom stereocenters. The van der Waals surface area contributed by atoms with Gasteiger partial charge in [-0.2, -0.15) is 0 Å². The lowest BCUT2D eigenvalue weighted by Gasteiger charge is -2.34. The number of amides is 2. The standard InChI is InChI=1S/C11H19ClN2O3/c1-2-5-13-11(16)9-8-17-7-6-14(9)10(15)3-4-12/h9H,2-8H2,1H3,(H,13,16). The molecule has 1 unspecified atom stereocenters. The van der Waals surface area contributed by atoms with Crippen LogP contribution in [0.5, 0.6) is 0 Å². The Morgan fingerprint density at radius 3 is 2.94 bits per heavy atom. The van der Waals surface area contributed by atoms with Crippen LogP contribution >= 0.6 is 11.6 Å². The minimum absolute atomic E-state index is 0.0834. The summed E-state index contributed by atoms with van der Waals surface area (Å²) in [7, 11) is 0. The molecule has 0 aliphatic carbocycles. The number of carbonyl (C=O) groups is 2. The third kappa shape index (κ3) is 4.16. The van der Waals surface area contributed by atoms with Crippen molar-refractivity contribution in [3.63, 3.8) is 0 Å². The monoisotopic (exact) mass is 262 g/mol. The Balaban J connectivity index is 2.58. The van der Waals surface area contributed by atoms with E-state index in [1.165, 1.54) is 0 Å². The van der Waals surface area contributed by atoms with Gasteiger partial charge in [-0.1, -0.05) is 6.92 Å². The minimum atomic E-state index is -0.508. The number of morpholine rings is 1. The molecule has 0 bridgehead atoms. The van der Waals surface area contributed by atoms with Crippen LogP contribution in [0.2, 0.25) is 0 Å². The Morgan fingerprint density at radius 1 is 1.53 bits per heavy atom. The summed E-state index contributed by atoms with van der Waals surface area (Å²) in [6, 6.07) is -0.508. The summed E-state index contributed by atoms with van der Waals surface area (Å²) < 4.78 is 5.25. The van der Waals surface area contributed by atoms with E-state index in [1.807, 2.05) is 6.92 Å². The molecule has 1 aliphatic rings. The number of ether oxygens (including phenoxy) is 1. The maximum absolute atomic E-state index is 11.9. The fraction of sp³-hybridized carbons (Fsp3) is 0.818. The molecule has 98 valence electrons. The first-order chi connectivity index (χ1) is 8.20. The molecule has 1 rings (SSSR count). The van der Waals surface area contributed by atoms with Crippen molar-refractivity contribution in [2.24, 2.45) is 0 Å². The Morgan fingerprint density at radius 2 is 2.29 bits per heavy atom. The molecule has 0 aromatic rings. The van der Waals surface area contributed by atoms with Crippen LogP contribution in [0, 0.1) is 0 Å². The van der Waals surface area contributed by atoms with Gasteiger partial charge in [-0.3, -0.25) is 9.59 Å². The summed E-state index contributed by atoms with van der Waals surface area (Å²) >= 11 is 5.55. The van der Waals surface area contributed by atoms with Gasteiger partial charge in [0.15, 0.2) is 0 Å². The third-order valence-electron chi connectivity index (χ3n) is 2.61. The van der Waals surface area contributed by atoms with E-state index in [2.05, 4.69) is 5.32 Å². The van der Waals surface area contributed by atoms with Crippen molar-refractivity contribution in [3.05, 3.63) is 0 Å².